The SMILES string of the molecule is CC/C=C\C/C=C\C/C=C\C/C=C\CCCCCCCCCCCCCCCCC(=O)OCC(COC(=O)CCCCCCC/C=C\CCCCCCC)OC(=O)CCCCCCC/C=C\C/C=C\CCCCCC. The maximum absolute atomic E-state index is 12.9. The van der Waals surface area contributed by atoms with Gasteiger partial charge < -0.3 is 14.2 Å². The Kier molecular flexibility index (Phi) is 60.3. The van der Waals surface area contributed by atoms with Crippen LogP contribution in [-0.4, -0.2) is 37.2 Å². The molecule has 0 aromatic carbocycles. The minimum atomic E-state index is -0.787. The quantitative estimate of drug-likeness (QED) is 0.0261. The van der Waals surface area contributed by atoms with E-state index < -0.39 is 6.10 Å². The van der Waals surface area contributed by atoms with Crippen LogP contribution >= 0.6 is 0 Å². The highest BCUT2D eigenvalue weighted by molar-refractivity contribution is 5.71. The Bertz CT molecular complexity index is 1430. The predicted octanol–water partition coefficient (Wildman–Crippen LogP) is 21.9. The highest BCUT2D eigenvalue weighted by Gasteiger charge is 2.19. The van der Waals surface area contributed by atoms with Crippen LogP contribution in [-0.2, 0) is 28.6 Å². The van der Waals surface area contributed by atoms with Gasteiger partial charge >= 0.3 is 17.9 Å². The van der Waals surface area contributed by atoms with Crippen molar-refractivity contribution < 1.29 is 28.6 Å². The lowest BCUT2D eigenvalue weighted by Crippen LogP contribution is -2.30. The molecule has 0 spiro atoms. The molecule has 0 aliphatic carbocycles. The van der Waals surface area contributed by atoms with Crippen molar-refractivity contribution in [1.82, 2.24) is 0 Å². The monoisotopic (exact) mass is 1040 g/mol. The van der Waals surface area contributed by atoms with Crippen LogP contribution in [0.4, 0.5) is 0 Å². The Morgan fingerprint density at radius 3 is 0.840 bits per heavy atom. The summed E-state index contributed by atoms with van der Waals surface area (Å²) in [5.74, 6) is -0.894. The third kappa shape index (κ3) is 61.3. The highest BCUT2D eigenvalue weighted by Crippen LogP contribution is 2.16. The molecule has 0 aliphatic rings. The molecular formula is C69H120O6. The zero-order valence-electron chi connectivity index (χ0n) is 49.6. The number of allylic oxidation sites excluding steroid dienone is 14. The topological polar surface area (TPSA) is 78.9 Å². The molecule has 0 fully saturated rings. The molecule has 6 heteroatoms. The van der Waals surface area contributed by atoms with E-state index in [0.29, 0.717) is 19.3 Å². The Balaban J connectivity index is 4.28. The molecule has 1 unspecified atom stereocenters. The van der Waals surface area contributed by atoms with Gasteiger partial charge in [0.2, 0.25) is 0 Å². The molecule has 0 radical (unpaired) electrons. The van der Waals surface area contributed by atoms with Crippen LogP contribution in [0.5, 0.6) is 0 Å². The normalized spacial score (nSPS) is 12.6. The average Bonchev–Trinajstić information content (AvgIpc) is 3.41. The Morgan fingerprint density at radius 2 is 0.520 bits per heavy atom. The largest absolute Gasteiger partial charge is 0.462 e. The lowest BCUT2D eigenvalue weighted by molar-refractivity contribution is -0.167. The summed E-state index contributed by atoms with van der Waals surface area (Å²) in [6.45, 7) is 6.51. The summed E-state index contributed by atoms with van der Waals surface area (Å²) < 4.78 is 16.9. The first-order chi connectivity index (χ1) is 37.0. The number of esters is 3. The van der Waals surface area contributed by atoms with E-state index in [2.05, 4.69) is 106 Å². The van der Waals surface area contributed by atoms with Crippen molar-refractivity contribution in [2.24, 2.45) is 0 Å². The van der Waals surface area contributed by atoms with Gasteiger partial charge in [0, 0.05) is 19.3 Å². The number of rotatable bonds is 58. The van der Waals surface area contributed by atoms with Gasteiger partial charge in [-0.25, -0.2) is 0 Å². The fourth-order valence-electron chi connectivity index (χ4n) is 9.05. The van der Waals surface area contributed by atoms with Gasteiger partial charge in [-0.05, 0) is 116 Å². The number of hydrogen-bond acceptors (Lipinski definition) is 6. The molecule has 0 heterocycles. The maximum Gasteiger partial charge on any atom is 0.306 e. The van der Waals surface area contributed by atoms with Crippen LogP contribution in [0, 0.1) is 0 Å². The molecule has 0 bridgehead atoms. The molecule has 0 N–H and O–H groups in total. The zero-order chi connectivity index (χ0) is 54.3. The molecule has 75 heavy (non-hydrogen) atoms. The summed E-state index contributed by atoms with van der Waals surface area (Å²) in [5, 5.41) is 0. The summed E-state index contributed by atoms with van der Waals surface area (Å²) in [7, 11) is 0. The van der Waals surface area contributed by atoms with Crippen LogP contribution in [0.3, 0.4) is 0 Å². The zero-order valence-corrected chi connectivity index (χ0v) is 49.6. The van der Waals surface area contributed by atoms with Gasteiger partial charge in [-0.3, -0.25) is 14.4 Å². The number of carbonyl (C=O) groups is 3. The number of carbonyl (C=O) groups excluding carboxylic acids is 3. The van der Waals surface area contributed by atoms with E-state index in [0.717, 1.165) is 116 Å². The van der Waals surface area contributed by atoms with Gasteiger partial charge in [0.15, 0.2) is 6.10 Å². The van der Waals surface area contributed by atoms with Crippen molar-refractivity contribution in [3.05, 3.63) is 85.1 Å². The standard InChI is InChI=1S/C69H120O6/c1-4-7-10-13-16-19-22-25-28-30-31-32-33-34-35-36-37-38-39-40-42-44-47-50-53-56-59-62-68(71)74-65-66(64-73-67(70)61-58-55-52-49-46-43-27-24-21-18-15-12-9-6-3)75-69(72)63-60-57-54-51-48-45-41-29-26-23-20-17-14-11-8-5-2/h7,10,16,19-20,23-25,27-29,31-32,41,66H,4-6,8-9,11-15,17-18,21-22,26,30,33-40,42-65H2,1-3H3/b10-7-,19-16-,23-20-,27-24-,28-25-,32-31-,41-29-. The van der Waals surface area contributed by atoms with E-state index in [1.165, 1.54) is 161 Å². The van der Waals surface area contributed by atoms with Crippen LogP contribution < -0.4 is 0 Å². The van der Waals surface area contributed by atoms with Crippen molar-refractivity contribution in [1.29, 1.82) is 0 Å². The van der Waals surface area contributed by atoms with Gasteiger partial charge in [-0.15, -0.1) is 0 Å². The highest BCUT2D eigenvalue weighted by atomic mass is 16.6. The molecular weight excluding hydrogens is 925 g/mol. The average molecular weight is 1050 g/mol. The summed E-state index contributed by atoms with van der Waals surface area (Å²) in [6.07, 6.45) is 83.0. The smallest absolute Gasteiger partial charge is 0.306 e. The second-order valence-electron chi connectivity index (χ2n) is 21.3. The molecule has 0 aromatic rings. The van der Waals surface area contributed by atoms with Crippen LogP contribution in [0.15, 0.2) is 85.1 Å². The van der Waals surface area contributed by atoms with E-state index >= 15 is 0 Å². The molecule has 0 saturated heterocycles. The van der Waals surface area contributed by atoms with Crippen molar-refractivity contribution in [2.45, 2.75) is 322 Å². The van der Waals surface area contributed by atoms with E-state index in [1.54, 1.807) is 0 Å². The molecule has 432 valence electrons. The Hall–Kier alpha value is -3.41. The molecule has 0 rings (SSSR count). The Morgan fingerprint density at radius 1 is 0.280 bits per heavy atom. The Labute approximate surface area is 465 Å². The van der Waals surface area contributed by atoms with Gasteiger partial charge in [-0.1, -0.05) is 266 Å². The summed E-state index contributed by atoms with van der Waals surface area (Å²) in [6, 6.07) is 0. The van der Waals surface area contributed by atoms with E-state index in [1.807, 2.05) is 0 Å². The first-order valence-electron chi connectivity index (χ1n) is 32.1. The van der Waals surface area contributed by atoms with Crippen LogP contribution in [0.25, 0.3) is 0 Å². The third-order valence-corrected chi connectivity index (χ3v) is 13.9. The van der Waals surface area contributed by atoms with E-state index in [9.17, 15) is 14.4 Å². The minimum absolute atomic E-state index is 0.0832. The van der Waals surface area contributed by atoms with Crippen LogP contribution in [0.2, 0.25) is 0 Å². The van der Waals surface area contributed by atoms with Crippen LogP contribution in [0.1, 0.15) is 316 Å². The second kappa shape index (κ2) is 63.1. The molecule has 1 atom stereocenters. The molecule has 0 saturated carbocycles. The van der Waals surface area contributed by atoms with E-state index in [4.69, 9.17) is 14.2 Å². The molecule has 0 amide bonds. The fourth-order valence-corrected chi connectivity index (χ4v) is 9.05. The number of hydrogen-bond donors (Lipinski definition) is 0. The summed E-state index contributed by atoms with van der Waals surface area (Å²) >= 11 is 0. The van der Waals surface area contributed by atoms with Crippen molar-refractivity contribution >= 4 is 17.9 Å². The molecule has 6 nitrogen and oxygen atoms in total. The van der Waals surface area contributed by atoms with Crippen molar-refractivity contribution in [3.8, 4) is 0 Å². The van der Waals surface area contributed by atoms with Crippen molar-refractivity contribution in [2.75, 3.05) is 13.2 Å². The van der Waals surface area contributed by atoms with E-state index in [-0.39, 0.29) is 31.1 Å². The first-order valence-corrected chi connectivity index (χ1v) is 32.1. The first kappa shape index (κ1) is 71.6. The summed E-state index contributed by atoms with van der Waals surface area (Å²) in [5.41, 5.74) is 0. The third-order valence-electron chi connectivity index (χ3n) is 13.9. The van der Waals surface area contributed by atoms with Gasteiger partial charge in [0.05, 0.1) is 0 Å². The number of unbranched alkanes of at least 4 members (excludes halogenated alkanes) is 33. The molecule has 0 aromatic heterocycles. The second-order valence-corrected chi connectivity index (χ2v) is 21.3. The predicted molar refractivity (Wildman–Crippen MR) is 325 cm³/mol. The number of ether oxygens (including phenoxy) is 3. The van der Waals surface area contributed by atoms with Gasteiger partial charge in [-0.2, -0.15) is 0 Å². The minimum Gasteiger partial charge on any atom is -0.462 e. The summed E-state index contributed by atoms with van der Waals surface area (Å²) in [4.78, 5) is 38.3. The maximum atomic E-state index is 12.9. The molecule has 0 aliphatic heterocycles. The fraction of sp³-hybridized carbons (Fsp3) is 0.754. The lowest BCUT2D eigenvalue weighted by atomic mass is 10.0. The van der Waals surface area contributed by atoms with Gasteiger partial charge in [0.25, 0.3) is 0 Å². The van der Waals surface area contributed by atoms with Gasteiger partial charge in [0.1, 0.15) is 13.2 Å². The van der Waals surface area contributed by atoms with Crippen molar-refractivity contribution in [3.63, 3.8) is 0 Å². The lowest BCUT2D eigenvalue weighted by Gasteiger charge is -2.18.